The van der Waals surface area contributed by atoms with Crippen molar-refractivity contribution in [3.8, 4) is 5.75 Å². The Morgan fingerprint density at radius 1 is 1.41 bits per heavy atom. The minimum absolute atomic E-state index is 0.355. The number of allylic oxidation sites excluding steroid dienone is 2. The number of fused-ring (bicyclic) bond motifs is 1. The Morgan fingerprint density at radius 3 is 2.76 bits per heavy atom. The van der Waals surface area contributed by atoms with Crippen LogP contribution in [0, 0.1) is 19.8 Å². The SMILES string of the molecule is Cc1cc(C2=C3C[I-]CC2C3)c(N)c(C)c1O. The molecule has 1 unspecified atom stereocenters. The molecule has 2 bridgehead atoms. The second-order valence-corrected chi connectivity index (χ2v) is 7.75. The standard InChI is InChI=1S/C14H17INO/c1-7-3-11(13(16)8(2)14(7)17)12-9-4-10(12)6-15-5-9/h3,9,17H,4-6,16H2,1-2H3/q-1. The molecule has 1 heterocycles. The third-order valence-electron chi connectivity index (χ3n) is 3.91. The molecule has 0 saturated carbocycles. The number of phenolic OH excluding ortho intramolecular Hbond substituents is 1. The molecule has 0 fully saturated rings. The minimum atomic E-state index is 0.355. The van der Waals surface area contributed by atoms with Gasteiger partial charge in [-0.05, 0) is 0 Å². The van der Waals surface area contributed by atoms with Crippen molar-refractivity contribution < 1.29 is 26.3 Å². The van der Waals surface area contributed by atoms with E-state index in [9.17, 15) is 5.11 Å². The van der Waals surface area contributed by atoms with Crippen molar-refractivity contribution in [2.75, 3.05) is 14.6 Å². The summed E-state index contributed by atoms with van der Waals surface area (Å²) in [6.45, 7) is 3.87. The van der Waals surface area contributed by atoms with E-state index in [1.54, 1.807) is 5.57 Å². The van der Waals surface area contributed by atoms with Crippen LogP contribution in [0.15, 0.2) is 11.6 Å². The molecule has 3 rings (SSSR count). The van der Waals surface area contributed by atoms with E-state index in [0.717, 1.165) is 22.7 Å². The summed E-state index contributed by atoms with van der Waals surface area (Å²) in [4.78, 5) is 0. The van der Waals surface area contributed by atoms with Gasteiger partial charge in [0, 0.05) is 0 Å². The number of aryl methyl sites for hydroxylation is 1. The zero-order valence-corrected chi connectivity index (χ0v) is 12.3. The second-order valence-electron chi connectivity index (χ2n) is 5.02. The van der Waals surface area contributed by atoms with Crippen molar-refractivity contribution in [1.29, 1.82) is 0 Å². The van der Waals surface area contributed by atoms with Gasteiger partial charge in [-0.1, -0.05) is 0 Å². The van der Waals surface area contributed by atoms with Crippen LogP contribution < -0.4 is 26.9 Å². The first-order valence-corrected chi connectivity index (χ1v) is 8.99. The summed E-state index contributed by atoms with van der Waals surface area (Å²) < 4.78 is 2.76. The summed E-state index contributed by atoms with van der Waals surface area (Å²) >= 11 is 0.425. The molecule has 0 amide bonds. The van der Waals surface area contributed by atoms with E-state index in [0.29, 0.717) is 27.0 Å². The molecule has 0 spiro atoms. The van der Waals surface area contributed by atoms with E-state index in [1.807, 2.05) is 13.8 Å². The van der Waals surface area contributed by atoms with Crippen molar-refractivity contribution in [3.63, 3.8) is 0 Å². The second kappa shape index (κ2) is 3.90. The fourth-order valence-corrected chi connectivity index (χ4v) is 6.04. The number of nitrogen functional groups attached to an aromatic ring is 1. The van der Waals surface area contributed by atoms with Crippen LogP contribution in [-0.2, 0) is 0 Å². The van der Waals surface area contributed by atoms with E-state index in [-0.39, 0.29) is 0 Å². The van der Waals surface area contributed by atoms with Crippen molar-refractivity contribution in [2.45, 2.75) is 20.3 Å². The summed E-state index contributed by atoms with van der Waals surface area (Å²) in [5.41, 5.74) is 13.1. The Hall–Kier alpha value is -0.710. The molecule has 0 saturated heterocycles. The topological polar surface area (TPSA) is 46.2 Å². The van der Waals surface area contributed by atoms with Crippen molar-refractivity contribution in [3.05, 3.63) is 28.3 Å². The maximum absolute atomic E-state index is 9.90. The summed E-state index contributed by atoms with van der Waals surface area (Å²) in [5.74, 6) is 1.13. The van der Waals surface area contributed by atoms with Crippen LogP contribution in [0.2, 0.25) is 0 Å². The first-order valence-electron chi connectivity index (χ1n) is 5.94. The quantitative estimate of drug-likeness (QED) is 0.409. The van der Waals surface area contributed by atoms with Gasteiger partial charge in [0.2, 0.25) is 0 Å². The van der Waals surface area contributed by atoms with Gasteiger partial charge in [-0.3, -0.25) is 0 Å². The molecule has 1 atom stereocenters. The van der Waals surface area contributed by atoms with Gasteiger partial charge < -0.3 is 0 Å². The Balaban J connectivity index is 2.17. The van der Waals surface area contributed by atoms with Gasteiger partial charge in [-0.15, -0.1) is 0 Å². The van der Waals surface area contributed by atoms with Crippen LogP contribution in [0.25, 0.3) is 5.57 Å². The number of phenols is 1. The fourth-order valence-electron chi connectivity index (χ4n) is 2.85. The van der Waals surface area contributed by atoms with Crippen LogP contribution in [0.3, 0.4) is 0 Å². The number of alkyl halides is 2. The summed E-state index contributed by atoms with van der Waals surface area (Å²) in [7, 11) is 0. The number of benzene rings is 1. The Labute approximate surface area is 112 Å². The molecular weight excluding hydrogens is 325 g/mol. The number of rotatable bonds is 1. The van der Waals surface area contributed by atoms with E-state index in [2.05, 4.69) is 6.07 Å². The molecule has 1 aromatic carbocycles. The first-order chi connectivity index (χ1) is 8.09. The number of hydrogen-bond acceptors (Lipinski definition) is 2. The average Bonchev–Trinajstić information content (AvgIpc) is 2.34. The molecular formula is C14H17INO-. The Bertz CT molecular complexity index is 534. The average molecular weight is 342 g/mol. The zero-order valence-electron chi connectivity index (χ0n) is 10.2. The predicted molar refractivity (Wildman–Crippen MR) is 66.8 cm³/mol. The van der Waals surface area contributed by atoms with E-state index in [1.165, 1.54) is 26.4 Å². The maximum atomic E-state index is 9.90. The van der Waals surface area contributed by atoms with Gasteiger partial charge >= 0.3 is 112 Å². The van der Waals surface area contributed by atoms with Gasteiger partial charge in [0.1, 0.15) is 0 Å². The monoisotopic (exact) mass is 342 g/mol. The molecule has 2 aliphatic rings. The molecule has 3 N–H and O–H groups in total. The van der Waals surface area contributed by atoms with Gasteiger partial charge in [-0.25, -0.2) is 0 Å². The number of halogens is 1. The van der Waals surface area contributed by atoms with Crippen LogP contribution in [0.4, 0.5) is 5.69 Å². The number of nitrogens with two attached hydrogens (primary N) is 1. The van der Waals surface area contributed by atoms with Crippen molar-refractivity contribution >= 4 is 11.3 Å². The number of hydrogen-bond donors (Lipinski definition) is 2. The third kappa shape index (κ3) is 1.58. The molecule has 17 heavy (non-hydrogen) atoms. The van der Waals surface area contributed by atoms with Gasteiger partial charge in [0.25, 0.3) is 0 Å². The molecule has 1 aliphatic carbocycles. The van der Waals surface area contributed by atoms with Crippen LogP contribution in [0.5, 0.6) is 5.75 Å². The van der Waals surface area contributed by atoms with E-state index < -0.39 is 0 Å². The Morgan fingerprint density at radius 2 is 2.18 bits per heavy atom. The molecule has 2 nitrogen and oxygen atoms in total. The number of aromatic hydroxyl groups is 1. The summed E-state index contributed by atoms with van der Waals surface area (Å²) in [6.07, 6.45) is 1.30. The van der Waals surface area contributed by atoms with Crippen LogP contribution >= 0.6 is 0 Å². The molecule has 0 radical (unpaired) electrons. The molecule has 1 aromatic rings. The van der Waals surface area contributed by atoms with Crippen molar-refractivity contribution in [2.24, 2.45) is 5.92 Å². The fraction of sp³-hybridized carbons (Fsp3) is 0.429. The summed E-state index contributed by atoms with van der Waals surface area (Å²) in [5, 5.41) is 9.90. The van der Waals surface area contributed by atoms with Crippen LogP contribution in [-0.4, -0.2) is 14.0 Å². The first kappa shape index (κ1) is 11.4. The number of anilines is 1. The van der Waals surface area contributed by atoms with Crippen molar-refractivity contribution in [1.82, 2.24) is 0 Å². The van der Waals surface area contributed by atoms with E-state index >= 15 is 0 Å². The molecule has 92 valence electrons. The van der Waals surface area contributed by atoms with Gasteiger partial charge in [0.15, 0.2) is 0 Å². The summed E-state index contributed by atoms with van der Waals surface area (Å²) in [6, 6.07) is 2.07. The molecule has 1 aliphatic heterocycles. The predicted octanol–water partition coefficient (Wildman–Crippen LogP) is -0.533. The van der Waals surface area contributed by atoms with E-state index in [4.69, 9.17) is 5.73 Å². The normalized spacial score (nSPS) is 23.1. The van der Waals surface area contributed by atoms with Crippen LogP contribution in [0.1, 0.15) is 23.1 Å². The van der Waals surface area contributed by atoms with Gasteiger partial charge in [0.05, 0.1) is 0 Å². The third-order valence-corrected chi connectivity index (χ3v) is 7.05. The Kier molecular flexibility index (Phi) is 2.61. The van der Waals surface area contributed by atoms with Gasteiger partial charge in [-0.2, -0.15) is 0 Å². The zero-order chi connectivity index (χ0) is 12.2. The molecule has 3 heteroatoms. The molecule has 0 aromatic heterocycles.